The van der Waals surface area contributed by atoms with Gasteiger partial charge in [-0.2, -0.15) is 0 Å². The van der Waals surface area contributed by atoms with Crippen LogP contribution in [0.15, 0.2) is 30.1 Å². The van der Waals surface area contributed by atoms with Crippen molar-refractivity contribution in [2.45, 2.75) is 27.7 Å². The first kappa shape index (κ1) is 15.1. The quantitative estimate of drug-likeness (QED) is 0.370. The number of ketones is 3. The van der Waals surface area contributed by atoms with Crippen LogP contribution < -0.4 is 0 Å². The van der Waals surface area contributed by atoms with Crippen LogP contribution in [0.25, 0.3) is 5.76 Å². The van der Waals surface area contributed by atoms with Crippen LogP contribution >= 0.6 is 0 Å². The summed E-state index contributed by atoms with van der Waals surface area (Å²) in [6, 6.07) is 3.14. The number of aliphatic hydroxyl groups excluding tert-OH is 1. The first-order valence-electron chi connectivity index (χ1n) is 6.60. The molecule has 0 aliphatic heterocycles. The van der Waals surface area contributed by atoms with Crippen molar-refractivity contribution in [2.75, 3.05) is 0 Å². The Morgan fingerprint density at radius 3 is 2.00 bits per heavy atom. The van der Waals surface area contributed by atoms with E-state index >= 15 is 0 Å². The molecular weight excluding hydrogens is 270 g/mol. The molecule has 0 radical (unpaired) electrons. The Labute approximate surface area is 122 Å². The number of carbonyl (C=O) groups is 3. The van der Waals surface area contributed by atoms with Crippen molar-refractivity contribution in [1.82, 2.24) is 4.98 Å². The summed E-state index contributed by atoms with van der Waals surface area (Å²) in [4.78, 5) is 41.2. The molecule has 21 heavy (non-hydrogen) atoms. The Bertz CT molecular complexity index is 637. The van der Waals surface area contributed by atoms with Gasteiger partial charge in [0.15, 0.2) is 17.3 Å². The monoisotopic (exact) mass is 287 g/mol. The molecule has 1 aliphatic carbocycles. The number of carbonyl (C=O) groups excluding carboxylic acids is 3. The molecule has 110 valence electrons. The molecule has 1 heterocycles. The fourth-order valence-corrected chi connectivity index (χ4v) is 2.58. The summed E-state index contributed by atoms with van der Waals surface area (Å²) in [5, 5.41) is 10.3. The number of aromatic nitrogens is 1. The van der Waals surface area contributed by atoms with Crippen molar-refractivity contribution in [3.05, 3.63) is 35.7 Å². The van der Waals surface area contributed by atoms with Gasteiger partial charge in [0.25, 0.3) is 0 Å². The van der Waals surface area contributed by atoms with Crippen LogP contribution in [0.4, 0.5) is 0 Å². The van der Waals surface area contributed by atoms with Gasteiger partial charge in [0.2, 0.25) is 0 Å². The van der Waals surface area contributed by atoms with Crippen LogP contribution in [-0.2, 0) is 14.4 Å². The lowest BCUT2D eigenvalue weighted by molar-refractivity contribution is -0.151. The van der Waals surface area contributed by atoms with Crippen LogP contribution in [0.3, 0.4) is 0 Å². The molecule has 1 fully saturated rings. The van der Waals surface area contributed by atoms with Gasteiger partial charge in [0, 0.05) is 18.0 Å². The molecule has 0 amide bonds. The molecule has 1 aromatic heterocycles. The normalized spacial score (nSPS) is 20.6. The lowest BCUT2D eigenvalue weighted by Gasteiger charge is -2.37. The lowest BCUT2D eigenvalue weighted by atomic mass is 9.60. The number of nitrogens with zero attached hydrogens (tertiary/aromatic N) is 1. The van der Waals surface area contributed by atoms with E-state index in [1.54, 1.807) is 12.1 Å². The molecule has 5 heteroatoms. The highest BCUT2D eigenvalue weighted by Crippen LogP contribution is 2.42. The lowest BCUT2D eigenvalue weighted by Crippen LogP contribution is -2.54. The van der Waals surface area contributed by atoms with Gasteiger partial charge >= 0.3 is 0 Å². The SMILES string of the molecule is CC1(C)C(=O)C(=C(O)c2cccnc2)C(=O)C(C)(C)C1=O. The number of pyridine rings is 1. The van der Waals surface area contributed by atoms with Crippen LogP contribution in [0.2, 0.25) is 0 Å². The Morgan fingerprint density at radius 1 is 1.05 bits per heavy atom. The highest BCUT2D eigenvalue weighted by molar-refractivity contribution is 6.40. The Kier molecular flexibility index (Phi) is 3.32. The van der Waals surface area contributed by atoms with E-state index in [2.05, 4.69) is 4.98 Å². The fourth-order valence-electron chi connectivity index (χ4n) is 2.58. The minimum absolute atomic E-state index is 0.273. The number of Topliss-reactive ketones (excluding diaryl/α,β-unsaturated/α-hetero) is 3. The van der Waals surface area contributed by atoms with Gasteiger partial charge in [-0.25, -0.2) is 0 Å². The summed E-state index contributed by atoms with van der Waals surface area (Å²) in [5.41, 5.74) is -2.74. The number of rotatable bonds is 1. The summed E-state index contributed by atoms with van der Waals surface area (Å²) in [6.07, 6.45) is 2.88. The number of hydrogen-bond donors (Lipinski definition) is 1. The predicted molar refractivity (Wildman–Crippen MR) is 76.4 cm³/mol. The molecule has 0 saturated heterocycles. The Balaban J connectivity index is 2.71. The maximum Gasteiger partial charge on any atom is 0.183 e. The topological polar surface area (TPSA) is 84.3 Å². The molecule has 1 saturated carbocycles. The molecule has 5 nitrogen and oxygen atoms in total. The Hall–Kier alpha value is -2.30. The van der Waals surface area contributed by atoms with Gasteiger partial charge in [-0.05, 0) is 39.8 Å². The van der Waals surface area contributed by atoms with Gasteiger partial charge in [0.1, 0.15) is 11.3 Å². The summed E-state index contributed by atoms with van der Waals surface area (Å²) in [5.74, 6) is -2.17. The minimum Gasteiger partial charge on any atom is -0.506 e. The van der Waals surface area contributed by atoms with Crippen molar-refractivity contribution >= 4 is 23.1 Å². The van der Waals surface area contributed by atoms with Gasteiger partial charge in [0.05, 0.1) is 10.8 Å². The van der Waals surface area contributed by atoms with Gasteiger partial charge < -0.3 is 5.11 Å². The highest BCUT2D eigenvalue weighted by atomic mass is 16.3. The van der Waals surface area contributed by atoms with E-state index in [4.69, 9.17) is 0 Å². The van der Waals surface area contributed by atoms with Crippen molar-refractivity contribution in [2.24, 2.45) is 10.8 Å². The molecule has 0 unspecified atom stereocenters. The van der Waals surface area contributed by atoms with Crippen molar-refractivity contribution in [3.63, 3.8) is 0 Å². The largest absolute Gasteiger partial charge is 0.506 e. The average molecular weight is 287 g/mol. The average Bonchev–Trinajstić information content (AvgIpc) is 2.45. The summed E-state index contributed by atoms with van der Waals surface area (Å²) in [7, 11) is 0. The molecular formula is C16H17NO4. The zero-order valence-corrected chi connectivity index (χ0v) is 12.4. The van der Waals surface area contributed by atoms with Crippen LogP contribution in [-0.4, -0.2) is 27.4 Å². The van der Waals surface area contributed by atoms with E-state index in [-0.39, 0.29) is 11.1 Å². The minimum atomic E-state index is -1.34. The third-order valence-corrected chi connectivity index (χ3v) is 3.90. The summed E-state index contributed by atoms with van der Waals surface area (Å²) < 4.78 is 0. The molecule has 2 rings (SSSR count). The third-order valence-electron chi connectivity index (χ3n) is 3.90. The van der Waals surface area contributed by atoms with Gasteiger partial charge in [-0.15, -0.1) is 0 Å². The summed E-state index contributed by atoms with van der Waals surface area (Å²) in [6.45, 7) is 5.90. The molecule has 0 atom stereocenters. The van der Waals surface area contributed by atoms with E-state index in [0.717, 1.165) is 0 Å². The predicted octanol–water partition coefficient (Wildman–Crippen LogP) is 2.12. The highest BCUT2D eigenvalue weighted by Gasteiger charge is 2.56. The molecule has 1 aromatic rings. The smallest absolute Gasteiger partial charge is 0.183 e. The standard InChI is InChI=1S/C16H17NO4/c1-15(2)12(19)10(13(20)16(3,4)14(15)21)11(18)9-6-5-7-17-8-9/h5-8,18H,1-4H3. The molecule has 0 aromatic carbocycles. The van der Waals surface area contributed by atoms with Crippen molar-refractivity contribution in [1.29, 1.82) is 0 Å². The molecule has 0 spiro atoms. The fraction of sp³-hybridized carbons (Fsp3) is 0.375. The first-order chi connectivity index (χ1) is 9.61. The van der Waals surface area contributed by atoms with Gasteiger partial charge in [-0.3, -0.25) is 19.4 Å². The second-order valence-electron chi connectivity index (χ2n) is 6.20. The van der Waals surface area contributed by atoms with Crippen molar-refractivity contribution < 1.29 is 19.5 Å². The maximum atomic E-state index is 12.5. The maximum absolute atomic E-state index is 12.5. The second-order valence-corrected chi connectivity index (χ2v) is 6.20. The number of hydrogen-bond acceptors (Lipinski definition) is 5. The summed E-state index contributed by atoms with van der Waals surface area (Å²) >= 11 is 0. The zero-order chi connectivity index (χ0) is 16.0. The van der Waals surface area contributed by atoms with Crippen molar-refractivity contribution in [3.8, 4) is 0 Å². The Morgan fingerprint density at radius 2 is 1.57 bits per heavy atom. The van der Waals surface area contributed by atoms with E-state index in [1.807, 2.05) is 0 Å². The molecule has 0 bridgehead atoms. The molecule has 1 N–H and O–H groups in total. The molecule has 1 aliphatic rings. The van der Waals surface area contributed by atoms with Crippen LogP contribution in [0.5, 0.6) is 0 Å². The van der Waals surface area contributed by atoms with E-state index in [9.17, 15) is 19.5 Å². The van der Waals surface area contributed by atoms with E-state index in [1.165, 1.54) is 40.1 Å². The van der Waals surface area contributed by atoms with Crippen LogP contribution in [0, 0.1) is 10.8 Å². The zero-order valence-electron chi connectivity index (χ0n) is 12.4. The number of aliphatic hydroxyl groups is 1. The number of allylic oxidation sites excluding steroid dienone is 1. The van der Waals surface area contributed by atoms with Gasteiger partial charge in [-0.1, -0.05) is 0 Å². The van der Waals surface area contributed by atoms with E-state index in [0.29, 0.717) is 0 Å². The third kappa shape index (κ3) is 2.09. The van der Waals surface area contributed by atoms with E-state index < -0.39 is 33.9 Å². The van der Waals surface area contributed by atoms with Crippen LogP contribution in [0.1, 0.15) is 33.3 Å². The first-order valence-corrected chi connectivity index (χ1v) is 6.60. The second kappa shape index (κ2) is 4.62.